The van der Waals surface area contributed by atoms with Gasteiger partial charge in [-0.15, -0.1) is 11.6 Å². The van der Waals surface area contributed by atoms with Crippen molar-refractivity contribution in [1.82, 2.24) is 5.48 Å². The van der Waals surface area contributed by atoms with E-state index < -0.39 is 0 Å². The Balaban J connectivity index is 2.14. The van der Waals surface area contributed by atoms with E-state index >= 15 is 0 Å². The molecule has 0 aromatic heterocycles. The summed E-state index contributed by atoms with van der Waals surface area (Å²) >= 11 is 6.01. The van der Waals surface area contributed by atoms with Gasteiger partial charge in [0.2, 0.25) is 0 Å². The molecule has 0 spiro atoms. The second kappa shape index (κ2) is 4.16. The Morgan fingerprint density at radius 1 is 1.60 bits per heavy atom. The SMILES string of the molecule is CNOCC1CCCC1Cl. The van der Waals surface area contributed by atoms with Gasteiger partial charge in [0.1, 0.15) is 0 Å². The van der Waals surface area contributed by atoms with Gasteiger partial charge in [-0.3, -0.25) is 0 Å². The zero-order valence-corrected chi connectivity index (χ0v) is 7.03. The summed E-state index contributed by atoms with van der Waals surface area (Å²) in [4.78, 5) is 5.05. The van der Waals surface area contributed by atoms with Crippen LogP contribution in [-0.2, 0) is 4.84 Å². The molecule has 3 heteroatoms. The summed E-state index contributed by atoms with van der Waals surface area (Å²) in [5.74, 6) is 0.564. The van der Waals surface area contributed by atoms with Crippen molar-refractivity contribution in [2.24, 2.45) is 5.92 Å². The molecule has 1 fully saturated rings. The monoisotopic (exact) mass is 163 g/mol. The van der Waals surface area contributed by atoms with E-state index in [1.807, 2.05) is 0 Å². The van der Waals surface area contributed by atoms with Crippen LogP contribution in [0.25, 0.3) is 0 Å². The fraction of sp³-hybridized carbons (Fsp3) is 1.00. The van der Waals surface area contributed by atoms with E-state index in [1.165, 1.54) is 12.8 Å². The van der Waals surface area contributed by atoms with Crippen molar-refractivity contribution >= 4 is 11.6 Å². The van der Waals surface area contributed by atoms with Gasteiger partial charge in [0.15, 0.2) is 0 Å². The lowest BCUT2D eigenvalue weighted by Crippen LogP contribution is -2.19. The Morgan fingerprint density at radius 3 is 2.90 bits per heavy atom. The van der Waals surface area contributed by atoms with Crippen molar-refractivity contribution in [3.63, 3.8) is 0 Å². The molecule has 2 unspecified atom stereocenters. The molecule has 0 heterocycles. The largest absolute Gasteiger partial charge is 0.302 e. The predicted molar refractivity (Wildman–Crippen MR) is 42.0 cm³/mol. The zero-order valence-electron chi connectivity index (χ0n) is 6.27. The minimum Gasteiger partial charge on any atom is -0.302 e. The van der Waals surface area contributed by atoms with Crippen molar-refractivity contribution in [2.75, 3.05) is 13.7 Å². The number of hydrogen-bond donors (Lipinski definition) is 1. The van der Waals surface area contributed by atoms with E-state index in [1.54, 1.807) is 7.05 Å². The average molecular weight is 164 g/mol. The Kier molecular flexibility index (Phi) is 3.46. The average Bonchev–Trinajstić information content (AvgIpc) is 2.31. The predicted octanol–water partition coefficient (Wildman–Crippen LogP) is 1.54. The molecule has 0 bridgehead atoms. The molecule has 0 aromatic carbocycles. The van der Waals surface area contributed by atoms with E-state index in [9.17, 15) is 0 Å². The molecular weight excluding hydrogens is 150 g/mol. The van der Waals surface area contributed by atoms with Crippen molar-refractivity contribution in [1.29, 1.82) is 0 Å². The molecule has 1 saturated carbocycles. The fourth-order valence-corrected chi connectivity index (χ4v) is 1.72. The summed E-state index contributed by atoms with van der Waals surface area (Å²) in [7, 11) is 1.78. The first-order chi connectivity index (χ1) is 4.84. The molecule has 0 radical (unpaired) electrons. The Bertz CT molecular complexity index is 99.6. The van der Waals surface area contributed by atoms with E-state index in [4.69, 9.17) is 16.4 Å². The highest BCUT2D eigenvalue weighted by Crippen LogP contribution is 2.29. The van der Waals surface area contributed by atoms with Crippen LogP contribution in [0, 0.1) is 5.92 Å². The highest BCUT2D eigenvalue weighted by molar-refractivity contribution is 6.20. The Labute approximate surface area is 66.8 Å². The fourth-order valence-electron chi connectivity index (χ4n) is 1.37. The van der Waals surface area contributed by atoms with Gasteiger partial charge in [0.05, 0.1) is 6.61 Å². The van der Waals surface area contributed by atoms with Crippen molar-refractivity contribution in [2.45, 2.75) is 24.6 Å². The van der Waals surface area contributed by atoms with Gasteiger partial charge in [-0.1, -0.05) is 6.42 Å². The summed E-state index contributed by atoms with van der Waals surface area (Å²) in [5, 5.41) is 0.341. The lowest BCUT2D eigenvalue weighted by Gasteiger charge is -2.11. The first-order valence-electron chi connectivity index (χ1n) is 3.77. The number of hydroxylamine groups is 1. The summed E-state index contributed by atoms with van der Waals surface area (Å²) < 4.78 is 0. The van der Waals surface area contributed by atoms with Crippen molar-refractivity contribution < 1.29 is 4.84 Å². The van der Waals surface area contributed by atoms with E-state index in [0.717, 1.165) is 13.0 Å². The van der Waals surface area contributed by atoms with Gasteiger partial charge in [-0.2, -0.15) is 0 Å². The Morgan fingerprint density at radius 2 is 2.40 bits per heavy atom. The molecule has 1 aliphatic carbocycles. The summed E-state index contributed by atoms with van der Waals surface area (Å²) in [6, 6.07) is 0. The van der Waals surface area contributed by atoms with Crippen LogP contribution in [0.3, 0.4) is 0 Å². The minimum atomic E-state index is 0.341. The smallest absolute Gasteiger partial charge is 0.0724 e. The molecule has 2 nitrogen and oxygen atoms in total. The third kappa shape index (κ3) is 2.11. The summed E-state index contributed by atoms with van der Waals surface area (Å²) in [6.07, 6.45) is 3.63. The van der Waals surface area contributed by atoms with E-state index in [0.29, 0.717) is 11.3 Å². The van der Waals surface area contributed by atoms with Crippen LogP contribution in [0.2, 0.25) is 0 Å². The molecule has 0 saturated heterocycles. The van der Waals surface area contributed by atoms with Gasteiger partial charge in [0.25, 0.3) is 0 Å². The van der Waals surface area contributed by atoms with E-state index in [2.05, 4.69) is 5.48 Å². The first kappa shape index (κ1) is 8.31. The molecule has 1 rings (SSSR count). The molecule has 0 amide bonds. The van der Waals surface area contributed by atoms with Crippen molar-refractivity contribution in [3.05, 3.63) is 0 Å². The molecule has 0 aromatic rings. The van der Waals surface area contributed by atoms with Crippen LogP contribution in [-0.4, -0.2) is 19.0 Å². The lowest BCUT2D eigenvalue weighted by molar-refractivity contribution is 0.0338. The summed E-state index contributed by atoms with van der Waals surface area (Å²) in [6.45, 7) is 0.755. The molecular formula is C7H14ClNO. The molecule has 60 valence electrons. The molecule has 1 aliphatic rings. The first-order valence-corrected chi connectivity index (χ1v) is 4.21. The second-order valence-electron chi connectivity index (χ2n) is 2.72. The Hall–Kier alpha value is 0.210. The summed E-state index contributed by atoms with van der Waals surface area (Å²) in [5.41, 5.74) is 2.66. The van der Waals surface area contributed by atoms with E-state index in [-0.39, 0.29) is 0 Å². The second-order valence-corrected chi connectivity index (χ2v) is 3.28. The quantitative estimate of drug-likeness (QED) is 0.504. The zero-order chi connectivity index (χ0) is 7.40. The molecule has 1 N–H and O–H groups in total. The number of alkyl halides is 1. The topological polar surface area (TPSA) is 21.3 Å². The van der Waals surface area contributed by atoms with Crippen LogP contribution in [0.1, 0.15) is 19.3 Å². The number of rotatable bonds is 3. The minimum absolute atomic E-state index is 0.341. The number of hydrogen-bond acceptors (Lipinski definition) is 2. The lowest BCUT2D eigenvalue weighted by atomic mass is 10.1. The van der Waals surface area contributed by atoms with Crippen LogP contribution in [0.5, 0.6) is 0 Å². The van der Waals surface area contributed by atoms with Crippen LogP contribution in [0.15, 0.2) is 0 Å². The molecule has 10 heavy (non-hydrogen) atoms. The van der Waals surface area contributed by atoms with Crippen LogP contribution >= 0.6 is 11.6 Å². The third-order valence-electron chi connectivity index (χ3n) is 2.01. The van der Waals surface area contributed by atoms with Gasteiger partial charge in [-0.05, 0) is 12.8 Å². The van der Waals surface area contributed by atoms with Gasteiger partial charge >= 0.3 is 0 Å². The van der Waals surface area contributed by atoms with Gasteiger partial charge < -0.3 is 4.84 Å². The maximum atomic E-state index is 6.01. The maximum Gasteiger partial charge on any atom is 0.0724 e. The van der Waals surface area contributed by atoms with Gasteiger partial charge in [-0.25, -0.2) is 5.48 Å². The van der Waals surface area contributed by atoms with Crippen LogP contribution < -0.4 is 5.48 Å². The molecule has 2 atom stereocenters. The highest BCUT2D eigenvalue weighted by atomic mass is 35.5. The number of halogens is 1. The maximum absolute atomic E-state index is 6.01. The molecule has 0 aliphatic heterocycles. The normalized spacial score (nSPS) is 33.0. The third-order valence-corrected chi connectivity index (χ3v) is 2.58. The standard InChI is InChI=1S/C7H14ClNO/c1-9-10-5-6-3-2-4-7(6)8/h6-7,9H,2-5H2,1H3. The van der Waals surface area contributed by atoms with Crippen LogP contribution in [0.4, 0.5) is 0 Å². The van der Waals surface area contributed by atoms with Crippen molar-refractivity contribution in [3.8, 4) is 0 Å². The number of nitrogens with one attached hydrogen (secondary N) is 1. The highest BCUT2D eigenvalue weighted by Gasteiger charge is 2.24. The van der Waals surface area contributed by atoms with Gasteiger partial charge in [0, 0.05) is 18.3 Å².